The van der Waals surface area contributed by atoms with Crippen LogP contribution in [-0.2, 0) is 6.54 Å². The van der Waals surface area contributed by atoms with Gasteiger partial charge in [0.15, 0.2) is 0 Å². The van der Waals surface area contributed by atoms with Crippen LogP contribution in [0.15, 0.2) is 34.9 Å². The van der Waals surface area contributed by atoms with Crippen molar-refractivity contribution in [2.45, 2.75) is 13.5 Å². The second kappa shape index (κ2) is 5.00. The summed E-state index contributed by atoms with van der Waals surface area (Å²) in [5.41, 5.74) is 0.628. The Morgan fingerprint density at radius 3 is 2.72 bits per heavy atom. The number of aryl methyl sites for hydroxylation is 1. The normalized spacial score (nSPS) is 10.4. The lowest BCUT2D eigenvalue weighted by Gasteiger charge is -2.05. The molecule has 3 nitrogen and oxygen atoms in total. The van der Waals surface area contributed by atoms with Gasteiger partial charge in [0.2, 0.25) is 0 Å². The summed E-state index contributed by atoms with van der Waals surface area (Å²) in [5, 5.41) is 2.54. The largest absolute Gasteiger partial charge is 0.469 e. The Morgan fingerprint density at radius 2 is 2.11 bits per heavy atom. The monoisotopic (exact) mass is 251 g/mol. The van der Waals surface area contributed by atoms with E-state index in [-0.39, 0.29) is 18.0 Å². The van der Waals surface area contributed by atoms with Gasteiger partial charge in [-0.15, -0.1) is 0 Å². The highest BCUT2D eigenvalue weighted by Crippen LogP contribution is 2.11. The first-order valence-corrected chi connectivity index (χ1v) is 5.34. The van der Waals surface area contributed by atoms with Crippen molar-refractivity contribution in [1.82, 2.24) is 5.32 Å². The summed E-state index contributed by atoms with van der Waals surface area (Å²) in [7, 11) is 0. The van der Waals surface area contributed by atoms with E-state index in [2.05, 4.69) is 5.32 Å². The molecule has 0 aliphatic carbocycles. The van der Waals surface area contributed by atoms with E-state index in [1.807, 2.05) is 0 Å². The molecule has 0 aliphatic heterocycles. The van der Waals surface area contributed by atoms with E-state index >= 15 is 0 Å². The van der Waals surface area contributed by atoms with Crippen LogP contribution in [0.2, 0.25) is 0 Å². The predicted octanol–water partition coefficient (Wildman–Crippen LogP) is 2.80. The second-order valence-electron chi connectivity index (χ2n) is 3.81. The molecule has 1 heterocycles. The van der Waals surface area contributed by atoms with Crippen molar-refractivity contribution in [2.75, 3.05) is 0 Å². The highest BCUT2D eigenvalue weighted by Gasteiger charge is 2.12. The van der Waals surface area contributed by atoms with E-state index in [4.69, 9.17) is 4.42 Å². The number of benzene rings is 1. The zero-order valence-corrected chi connectivity index (χ0v) is 9.67. The Morgan fingerprint density at radius 1 is 1.33 bits per heavy atom. The summed E-state index contributed by atoms with van der Waals surface area (Å²) in [6.07, 6.45) is 1.41. The number of rotatable bonds is 3. The lowest BCUT2D eigenvalue weighted by atomic mass is 10.2. The van der Waals surface area contributed by atoms with Gasteiger partial charge in [-0.2, -0.15) is 0 Å². The number of hydrogen-bond donors (Lipinski definition) is 1. The summed E-state index contributed by atoms with van der Waals surface area (Å²) in [5.74, 6) is -1.19. The van der Waals surface area contributed by atoms with Crippen LogP contribution in [-0.4, -0.2) is 5.91 Å². The van der Waals surface area contributed by atoms with Gasteiger partial charge in [-0.1, -0.05) is 6.07 Å². The Balaban J connectivity index is 2.04. The minimum absolute atomic E-state index is 0.00440. The number of hydrogen-bond acceptors (Lipinski definition) is 2. The number of halogens is 2. The highest BCUT2D eigenvalue weighted by atomic mass is 19.1. The first-order valence-electron chi connectivity index (χ1n) is 5.34. The third-order valence-electron chi connectivity index (χ3n) is 2.56. The van der Waals surface area contributed by atoms with Gasteiger partial charge in [-0.3, -0.25) is 4.79 Å². The summed E-state index contributed by atoms with van der Waals surface area (Å²) < 4.78 is 31.0. The lowest BCUT2D eigenvalue weighted by Crippen LogP contribution is -2.23. The molecule has 0 saturated carbocycles. The molecule has 0 unspecified atom stereocenters. The summed E-state index contributed by atoms with van der Waals surface area (Å²) in [6.45, 7) is 1.66. The molecule has 0 bridgehead atoms. The fourth-order valence-electron chi connectivity index (χ4n) is 1.56. The third kappa shape index (κ3) is 2.56. The maximum atomic E-state index is 13.3. The van der Waals surface area contributed by atoms with Crippen molar-refractivity contribution >= 4 is 5.91 Å². The Labute approximate surface area is 102 Å². The molecule has 18 heavy (non-hydrogen) atoms. The minimum Gasteiger partial charge on any atom is -0.469 e. The molecule has 2 aromatic rings. The number of carbonyl (C=O) groups excluding carboxylic acids is 1. The minimum atomic E-state index is -0.681. The molecule has 1 aromatic carbocycles. The molecule has 0 spiro atoms. The Kier molecular flexibility index (Phi) is 3.41. The van der Waals surface area contributed by atoms with Gasteiger partial charge < -0.3 is 9.73 Å². The maximum Gasteiger partial charge on any atom is 0.255 e. The van der Waals surface area contributed by atoms with Gasteiger partial charge in [0.25, 0.3) is 5.91 Å². The molecule has 1 N–H and O–H groups in total. The van der Waals surface area contributed by atoms with E-state index in [0.717, 1.165) is 12.1 Å². The van der Waals surface area contributed by atoms with Crippen molar-refractivity contribution in [2.24, 2.45) is 0 Å². The molecular weight excluding hydrogens is 240 g/mol. The predicted molar refractivity (Wildman–Crippen MR) is 61.0 cm³/mol. The van der Waals surface area contributed by atoms with Gasteiger partial charge in [0, 0.05) is 18.2 Å². The van der Waals surface area contributed by atoms with Gasteiger partial charge in [0.05, 0.1) is 11.8 Å². The first-order chi connectivity index (χ1) is 8.58. The SMILES string of the molecule is Cc1occc1C(=O)NCc1ccc(F)cc1F. The van der Waals surface area contributed by atoms with E-state index in [1.54, 1.807) is 6.92 Å². The van der Waals surface area contributed by atoms with Crippen LogP contribution in [0.4, 0.5) is 8.78 Å². The van der Waals surface area contributed by atoms with Crippen LogP contribution in [0.25, 0.3) is 0 Å². The summed E-state index contributed by atoms with van der Waals surface area (Å²) in [4.78, 5) is 11.7. The fraction of sp³-hybridized carbons (Fsp3) is 0.154. The number of carbonyl (C=O) groups is 1. The van der Waals surface area contributed by atoms with Crippen LogP contribution in [0.3, 0.4) is 0 Å². The standard InChI is InChI=1S/C13H11F2NO2/c1-8-11(4-5-18-8)13(17)16-7-9-2-3-10(14)6-12(9)15/h2-6H,7H2,1H3,(H,16,17). The Hall–Kier alpha value is -2.17. The van der Waals surface area contributed by atoms with Crippen LogP contribution in [0.1, 0.15) is 21.7 Å². The van der Waals surface area contributed by atoms with E-state index < -0.39 is 11.6 Å². The van der Waals surface area contributed by atoms with E-state index in [0.29, 0.717) is 11.3 Å². The zero-order valence-electron chi connectivity index (χ0n) is 9.67. The molecule has 0 fully saturated rings. The van der Waals surface area contributed by atoms with Crippen molar-refractivity contribution in [3.05, 3.63) is 59.1 Å². The second-order valence-corrected chi connectivity index (χ2v) is 3.81. The smallest absolute Gasteiger partial charge is 0.255 e. The van der Waals surface area contributed by atoms with Crippen molar-refractivity contribution < 1.29 is 18.0 Å². The highest BCUT2D eigenvalue weighted by molar-refractivity contribution is 5.94. The topological polar surface area (TPSA) is 42.2 Å². The molecule has 0 atom stereocenters. The summed E-state index contributed by atoms with van der Waals surface area (Å²) >= 11 is 0. The average Bonchev–Trinajstić information content (AvgIpc) is 2.74. The van der Waals surface area contributed by atoms with Gasteiger partial charge in [0.1, 0.15) is 17.4 Å². The molecule has 0 aliphatic rings. The number of nitrogens with one attached hydrogen (secondary N) is 1. The average molecular weight is 251 g/mol. The van der Waals surface area contributed by atoms with Crippen LogP contribution in [0, 0.1) is 18.6 Å². The number of amides is 1. The Bertz CT molecular complexity index is 578. The first kappa shape index (κ1) is 12.3. The van der Waals surface area contributed by atoms with Crippen LogP contribution < -0.4 is 5.32 Å². The zero-order chi connectivity index (χ0) is 13.1. The molecule has 5 heteroatoms. The molecule has 2 rings (SSSR count). The van der Waals surface area contributed by atoms with Crippen LogP contribution >= 0.6 is 0 Å². The fourth-order valence-corrected chi connectivity index (χ4v) is 1.56. The molecule has 94 valence electrons. The van der Waals surface area contributed by atoms with Crippen molar-refractivity contribution in [1.29, 1.82) is 0 Å². The lowest BCUT2D eigenvalue weighted by molar-refractivity contribution is 0.0949. The molecular formula is C13H11F2NO2. The van der Waals surface area contributed by atoms with Crippen molar-refractivity contribution in [3.8, 4) is 0 Å². The molecule has 1 amide bonds. The maximum absolute atomic E-state index is 13.3. The van der Waals surface area contributed by atoms with Crippen LogP contribution in [0.5, 0.6) is 0 Å². The van der Waals surface area contributed by atoms with E-state index in [1.165, 1.54) is 18.4 Å². The van der Waals surface area contributed by atoms with Gasteiger partial charge in [-0.25, -0.2) is 8.78 Å². The third-order valence-corrected chi connectivity index (χ3v) is 2.56. The summed E-state index contributed by atoms with van der Waals surface area (Å²) in [6, 6.07) is 4.76. The van der Waals surface area contributed by atoms with Gasteiger partial charge >= 0.3 is 0 Å². The number of furan rings is 1. The molecule has 0 radical (unpaired) electrons. The van der Waals surface area contributed by atoms with E-state index in [9.17, 15) is 13.6 Å². The molecule has 0 saturated heterocycles. The van der Waals surface area contributed by atoms with Crippen molar-refractivity contribution in [3.63, 3.8) is 0 Å². The quantitative estimate of drug-likeness (QED) is 0.911. The van der Waals surface area contributed by atoms with Gasteiger partial charge in [-0.05, 0) is 19.1 Å². The molecule has 1 aromatic heterocycles.